The standard InChI is InChI=1S/C15H14ClFN2O3S/c16-12-5-3-6-13(8-12)23(21,22)19-10-15(20)18-9-11-4-1-2-7-14(11)17/h1-8,19H,9-10H2,(H,18,20). The van der Waals surface area contributed by atoms with E-state index < -0.39 is 28.3 Å². The average molecular weight is 357 g/mol. The van der Waals surface area contributed by atoms with Crippen LogP contribution in [-0.4, -0.2) is 20.9 Å². The van der Waals surface area contributed by atoms with Crippen molar-refractivity contribution in [2.45, 2.75) is 11.4 Å². The van der Waals surface area contributed by atoms with Crippen molar-refractivity contribution in [1.82, 2.24) is 10.0 Å². The van der Waals surface area contributed by atoms with Gasteiger partial charge in [0, 0.05) is 17.1 Å². The van der Waals surface area contributed by atoms with Crippen LogP contribution in [0.15, 0.2) is 53.4 Å². The Bertz CT molecular complexity index is 812. The molecule has 0 aliphatic rings. The maximum atomic E-state index is 13.4. The summed E-state index contributed by atoms with van der Waals surface area (Å²) in [4.78, 5) is 11.7. The van der Waals surface area contributed by atoms with Gasteiger partial charge in [-0.15, -0.1) is 0 Å². The molecular formula is C15H14ClFN2O3S. The van der Waals surface area contributed by atoms with Crippen molar-refractivity contribution in [3.05, 3.63) is 64.9 Å². The molecule has 1 amide bonds. The Hall–Kier alpha value is -1.96. The van der Waals surface area contributed by atoms with E-state index in [-0.39, 0.29) is 16.5 Å². The van der Waals surface area contributed by atoms with Crippen LogP contribution < -0.4 is 10.0 Å². The number of nitrogens with one attached hydrogen (secondary N) is 2. The fourth-order valence-electron chi connectivity index (χ4n) is 1.78. The zero-order chi connectivity index (χ0) is 16.9. The van der Waals surface area contributed by atoms with Crippen LogP contribution in [0.2, 0.25) is 5.02 Å². The lowest BCUT2D eigenvalue weighted by Gasteiger charge is -2.08. The highest BCUT2D eigenvalue weighted by molar-refractivity contribution is 7.89. The highest BCUT2D eigenvalue weighted by Gasteiger charge is 2.15. The van der Waals surface area contributed by atoms with Crippen LogP contribution in [0, 0.1) is 5.82 Å². The van der Waals surface area contributed by atoms with Gasteiger partial charge in [-0.1, -0.05) is 35.9 Å². The first kappa shape index (κ1) is 17.4. The Kier molecular flexibility index (Phi) is 5.70. The smallest absolute Gasteiger partial charge is 0.241 e. The molecule has 0 atom stereocenters. The molecule has 0 fully saturated rings. The van der Waals surface area contributed by atoms with Gasteiger partial charge in [-0.05, 0) is 24.3 Å². The van der Waals surface area contributed by atoms with Crippen LogP contribution in [0.4, 0.5) is 4.39 Å². The monoisotopic (exact) mass is 356 g/mol. The van der Waals surface area contributed by atoms with Gasteiger partial charge >= 0.3 is 0 Å². The number of sulfonamides is 1. The first-order valence-electron chi connectivity index (χ1n) is 6.64. The lowest BCUT2D eigenvalue weighted by Crippen LogP contribution is -2.36. The third-order valence-electron chi connectivity index (χ3n) is 2.96. The zero-order valence-corrected chi connectivity index (χ0v) is 13.5. The van der Waals surface area contributed by atoms with Crippen molar-refractivity contribution in [1.29, 1.82) is 0 Å². The van der Waals surface area contributed by atoms with Crippen molar-refractivity contribution in [3.8, 4) is 0 Å². The number of hydrogen-bond donors (Lipinski definition) is 2. The highest BCUT2D eigenvalue weighted by atomic mass is 35.5. The average Bonchev–Trinajstić information content (AvgIpc) is 2.52. The molecule has 2 aromatic rings. The number of carbonyl (C=O) groups excluding carboxylic acids is 1. The van der Waals surface area contributed by atoms with Crippen molar-refractivity contribution < 1.29 is 17.6 Å². The molecular weight excluding hydrogens is 343 g/mol. The minimum absolute atomic E-state index is 0.0234. The molecule has 5 nitrogen and oxygen atoms in total. The van der Waals surface area contributed by atoms with Crippen LogP contribution in [0.3, 0.4) is 0 Å². The van der Waals surface area contributed by atoms with Crippen LogP contribution in [0.1, 0.15) is 5.56 Å². The first-order chi connectivity index (χ1) is 10.9. The largest absolute Gasteiger partial charge is 0.351 e. The quantitative estimate of drug-likeness (QED) is 0.832. The molecule has 2 N–H and O–H groups in total. The molecule has 0 aromatic heterocycles. The van der Waals surface area contributed by atoms with Crippen molar-refractivity contribution >= 4 is 27.5 Å². The molecule has 122 valence electrons. The number of amides is 1. The molecule has 2 rings (SSSR count). The summed E-state index contributed by atoms with van der Waals surface area (Å²) in [5.74, 6) is -1.01. The molecule has 0 bridgehead atoms. The highest BCUT2D eigenvalue weighted by Crippen LogP contribution is 2.14. The molecule has 8 heteroatoms. The SMILES string of the molecule is O=C(CNS(=O)(=O)c1cccc(Cl)c1)NCc1ccccc1F. The maximum Gasteiger partial charge on any atom is 0.241 e. The first-order valence-corrected chi connectivity index (χ1v) is 8.50. The van der Waals surface area contributed by atoms with Gasteiger partial charge in [-0.3, -0.25) is 4.79 Å². The second kappa shape index (κ2) is 7.54. The predicted octanol–water partition coefficient (Wildman–Crippen LogP) is 2.07. The topological polar surface area (TPSA) is 75.3 Å². The van der Waals surface area contributed by atoms with E-state index in [1.54, 1.807) is 18.2 Å². The summed E-state index contributed by atoms with van der Waals surface area (Å²) in [6.45, 7) is -0.478. The minimum Gasteiger partial charge on any atom is -0.351 e. The molecule has 0 saturated carbocycles. The number of hydrogen-bond acceptors (Lipinski definition) is 3. The van der Waals surface area contributed by atoms with Crippen LogP contribution in [0.5, 0.6) is 0 Å². The van der Waals surface area contributed by atoms with Crippen LogP contribution in [0.25, 0.3) is 0 Å². The van der Waals surface area contributed by atoms with Crippen molar-refractivity contribution in [2.24, 2.45) is 0 Å². The second-order valence-electron chi connectivity index (χ2n) is 4.65. The number of halogens is 2. The Morgan fingerprint density at radius 1 is 1.13 bits per heavy atom. The summed E-state index contributed by atoms with van der Waals surface area (Å²) >= 11 is 5.74. The molecule has 0 radical (unpaired) electrons. The van der Waals surface area contributed by atoms with E-state index in [1.807, 2.05) is 0 Å². The van der Waals surface area contributed by atoms with Gasteiger partial charge in [0.1, 0.15) is 5.82 Å². The van der Waals surface area contributed by atoms with Gasteiger partial charge < -0.3 is 5.32 Å². The van der Waals surface area contributed by atoms with E-state index in [2.05, 4.69) is 10.0 Å². The molecule has 0 spiro atoms. The summed E-state index contributed by atoms with van der Waals surface area (Å²) in [6, 6.07) is 11.7. The van der Waals surface area contributed by atoms with Crippen LogP contribution >= 0.6 is 11.6 Å². The summed E-state index contributed by atoms with van der Waals surface area (Å²) in [7, 11) is -3.84. The Morgan fingerprint density at radius 2 is 1.87 bits per heavy atom. The van der Waals surface area contributed by atoms with E-state index in [4.69, 9.17) is 11.6 Å². The minimum atomic E-state index is -3.84. The third kappa shape index (κ3) is 5.02. The Labute approximate surface area is 138 Å². The van der Waals surface area contributed by atoms with Crippen molar-refractivity contribution in [3.63, 3.8) is 0 Å². The Morgan fingerprint density at radius 3 is 2.57 bits per heavy atom. The lowest BCUT2D eigenvalue weighted by atomic mass is 10.2. The van der Waals surface area contributed by atoms with Gasteiger partial charge in [-0.2, -0.15) is 0 Å². The molecule has 2 aromatic carbocycles. The predicted molar refractivity (Wildman–Crippen MR) is 84.9 cm³/mol. The van der Waals surface area contributed by atoms with Crippen LogP contribution in [-0.2, 0) is 21.4 Å². The summed E-state index contributed by atoms with van der Waals surface area (Å²) in [5, 5.41) is 2.72. The van der Waals surface area contributed by atoms with E-state index in [0.29, 0.717) is 5.56 Å². The summed E-state index contributed by atoms with van der Waals surface area (Å²) in [5.41, 5.74) is 0.318. The normalized spacial score (nSPS) is 11.2. The molecule has 0 heterocycles. The van der Waals surface area contributed by atoms with Gasteiger partial charge in [0.05, 0.1) is 11.4 Å². The summed E-state index contributed by atoms with van der Waals surface area (Å²) in [6.07, 6.45) is 0. The van der Waals surface area contributed by atoms with E-state index >= 15 is 0 Å². The van der Waals surface area contributed by atoms with Gasteiger partial charge in [0.2, 0.25) is 15.9 Å². The Balaban J connectivity index is 1.90. The number of carbonyl (C=O) groups is 1. The second-order valence-corrected chi connectivity index (χ2v) is 6.85. The van der Waals surface area contributed by atoms with E-state index in [0.717, 1.165) is 0 Å². The number of benzene rings is 2. The fraction of sp³-hybridized carbons (Fsp3) is 0.133. The molecule has 0 saturated heterocycles. The zero-order valence-electron chi connectivity index (χ0n) is 11.9. The van der Waals surface area contributed by atoms with Crippen molar-refractivity contribution in [2.75, 3.05) is 6.54 Å². The summed E-state index contributed by atoms with van der Waals surface area (Å²) < 4.78 is 39.6. The van der Waals surface area contributed by atoms with Gasteiger partial charge in [-0.25, -0.2) is 17.5 Å². The van der Waals surface area contributed by atoms with Gasteiger partial charge in [0.25, 0.3) is 0 Å². The fourth-order valence-corrected chi connectivity index (χ4v) is 3.06. The van der Waals surface area contributed by atoms with E-state index in [9.17, 15) is 17.6 Å². The van der Waals surface area contributed by atoms with Gasteiger partial charge in [0.15, 0.2) is 0 Å². The molecule has 0 aliphatic heterocycles. The van der Waals surface area contributed by atoms with E-state index in [1.165, 1.54) is 30.3 Å². The molecule has 0 unspecified atom stereocenters. The maximum absolute atomic E-state index is 13.4. The molecule has 23 heavy (non-hydrogen) atoms. The number of rotatable bonds is 6. The third-order valence-corrected chi connectivity index (χ3v) is 4.60. The molecule has 0 aliphatic carbocycles. The lowest BCUT2D eigenvalue weighted by molar-refractivity contribution is -0.120.